The molecule has 3 heteroatoms. The Labute approximate surface area is 66.1 Å². The average molecular weight is 153 g/mol. The van der Waals surface area contributed by atoms with Gasteiger partial charge in [-0.05, 0) is 19.7 Å². The molecule has 0 unspecified atom stereocenters. The number of allylic oxidation sites excluding steroid dienone is 1. The molecule has 0 amide bonds. The second kappa shape index (κ2) is 5.41. The summed E-state index contributed by atoms with van der Waals surface area (Å²) in [6.45, 7) is 4.99. The molecule has 0 fully saturated rings. The molecule has 0 heterocycles. The van der Waals surface area contributed by atoms with Gasteiger partial charge in [-0.3, -0.25) is 4.99 Å². The van der Waals surface area contributed by atoms with Gasteiger partial charge in [0.1, 0.15) is 0 Å². The van der Waals surface area contributed by atoms with Crippen LogP contribution in [-0.4, -0.2) is 19.8 Å². The van der Waals surface area contributed by atoms with Gasteiger partial charge in [-0.2, -0.15) is 0 Å². The molecule has 0 aliphatic rings. The van der Waals surface area contributed by atoms with Gasteiger partial charge in [0.05, 0.1) is 12.7 Å². The summed E-state index contributed by atoms with van der Waals surface area (Å²) in [5, 5.41) is 0. The summed E-state index contributed by atoms with van der Waals surface area (Å²) in [7, 11) is 1.33. The van der Waals surface area contributed by atoms with Crippen LogP contribution in [0.1, 0.15) is 6.92 Å². The number of carbonyl (C=O) groups is 1. The van der Waals surface area contributed by atoms with Crippen LogP contribution < -0.4 is 0 Å². The van der Waals surface area contributed by atoms with E-state index in [1.165, 1.54) is 13.3 Å². The Balaban J connectivity index is 4.31. The Kier molecular flexibility index (Phi) is 4.73. The number of nitrogens with zero attached hydrogens (tertiary/aromatic N) is 1. The topological polar surface area (TPSA) is 38.7 Å². The predicted octanol–water partition coefficient (Wildman–Crippen LogP) is 1.32. The van der Waals surface area contributed by atoms with Gasteiger partial charge >= 0.3 is 5.97 Å². The Morgan fingerprint density at radius 3 is 2.64 bits per heavy atom. The summed E-state index contributed by atoms with van der Waals surface area (Å²) in [6, 6.07) is 0. The maximum absolute atomic E-state index is 10.8. The highest BCUT2D eigenvalue weighted by Crippen LogP contribution is 1.98. The first-order chi connectivity index (χ1) is 5.26. The van der Waals surface area contributed by atoms with E-state index in [2.05, 4.69) is 16.4 Å². The van der Waals surface area contributed by atoms with Crippen LogP contribution >= 0.6 is 0 Å². The zero-order chi connectivity index (χ0) is 8.69. The molecular formula is C8H11NO2. The smallest absolute Gasteiger partial charge is 0.337 e. The van der Waals surface area contributed by atoms with Gasteiger partial charge in [-0.1, -0.05) is 6.08 Å². The van der Waals surface area contributed by atoms with Crippen LogP contribution in [0.2, 0.25) is 0 Å². The van der Waals surface area contributed by atoms with Gasteiger partial charge < -0.3 is 4.74 Å². The molecular weight excluding hydrogens is 142 g/mol. The first-order valence-corrected chi connectivity index (χ1v) is 3.13. The maximum atomic E-state index is 10.8. The lowest BCUT2D eigenvalue weighted by molar-refractivity contribution is -0.135. The first-order valence-electron chi connectivity index (χ1n) is 3.13. The number of methoxy groups -OCH3 is 1. The van der Waals surface area contributed by atoms with E-state index in [9.17, 15) is 4.79 Å². The van der Waals surface area contributed by atoms with Crippen LogP contribution in [0.3, 0.4) is 0 Å². The van der Waals surface area contributed by atoms with Crippen LogP contribution in [0.25, 0.3) is 0 Å². The lowest BCUT2D eigenvalue weighted by Gasteiger charge is -1.96. The molecule has 0 aliphatic heterocycles. The molecule has 0 spiro atoms. The quantitative estimate of drug-likeness (QED) is 0.265. The summed E-state index contributed by atoms with van der Waals surface area (Å²) in [5.41, 5.74) is 0.472. The fourth-order valence-electron chi connectivity index (χ4n) is 0.533. The van der Waals surface area contributed by atoms with Gasteiger partial charge in [0.2, 0.25) is 0 Å². The van der Waals surface area contributed by atoms with Gasteiger partial charge in [0.25, 0.3) is 0 Å². The number of ether oxygens (including phenoxy) is 1. The van der Waals surface area contributed by atoms with Crippen LogP contribution in [0.5, 0.6) is 0 Å². The lowest BCUT2D eigenvalue weighted by Crippen LogP contribution is -2.01. The van der Waals surface area contributed by atoms with Crippen molar-refractivity contribution in [3.8, 4) is 0 Å². The van der Waals surface area contributed by atoms with Crippen molar-refractivity contribution in [1.82, 2.24) is 0 Å². The molecule has 11 heavy (non-hydrogen) atoms. The second-order valence-electron chi connectivity index (χ2n) is 1.73. The fraction of sp³-hybridized carbons (Fsp3) is 0.250. The van der Waals surface area contributed by atoms with Crippen molar-refractivity contribution in [2.24, 2.45) is 4.99 Å². The number of esters is 1. The van der Waals surface area contributed by atoms with Crippen LogP contribution in [-0.2, 0) is 9.53 Å². The number of rotatable bonds is 3. The molecule has 0 saturated heterocycles. The highest BCUT2D eigenvalue weighted by molar-refractivity contribution is 5.91. The van der Waals surface area contributed by atoms with E-state index in [0.717, 1.165) is 0 Å². The van der Waals surface area contributed by atoms with Crippen molar-refractivity contribution < 1.29 is 9.53 Å². The molecule has 0 rings (SSSR count). The minimum Gasteiger partial charge on any atom is -0.465 e. The molecule has 0 aromatic carbocycles. The van der Waals surface area contributed by atoms with Crippen molar-refractivity contribution in [2.75, 3.05) is 7.11 Å². The van der Waals surface area contributed by atoms with Gasteiger partial charge in [-0.15, -0.1) is 0 Å². The first kappa shape index (κ1) is 9.62. The molecule has 0 saturated carbocycles. The van der Waals surface area contributed by atoms with E-state index in [0.29, 0.717) is 5.57 Å². The SMILES string of the molecule is C=N/C=C\C(=C/C)C(=O)OC. The number of aliphatic imine (C=N–C) groups is 1. The highest BCUT2D eigenvalue weighted by Gasteiger charge is 2.02. The van der Waals surface area contributed by atoms with Gasteiger partial charge in [0, 0.05) is 6.20 Å². The number of carbonyl (C=O) groups excluding carboxylic acids is 1. The van der Waals surface area contributed by atoms with Crippen molar-refractivity contribution in [3.05, 3.63) is 23.9 Å². The van der Waals surface area contributed by atoms with Gasteiger partial charge in [0.15, 0.2) is 0 Å². The van der Waals surface area contributed by atoms with Crippen LogP contribution in [0, 0.1) is 0 Å². The van der Waals surface area contributed by atoms with Crippen molar-refractivity contribution in [1.29, 1.82) is 0 Å². The third-order valence-electron chi connectivity index (χ3n) is 1.09. The highest BCUT2D eigenvalue weighted by atomic mass is 16.5. The Bertz CT molecular complexity index is 204. The summed E-state index contributed by atoms with van der Waals surface area (Å²) in [6.07, 6.45) is 4.62. The Hall–Kier alpha value is -1.38. The van der Waals surface area contributed by atoms with E-state index in [4.69, 9.17) is 0 Å². The van der Waals surface area contributed by atoms with Gasteiger partial charge in [-0.25, -0.2) is 4.79 Å². The summed E-state index contributed by atoms with van der Waals surface area (Å²) in [4.78, 5) is 14.3. The Morgan fingerprint density at radius 1 is 1.64 bits per heavy atom. The standard InChI is InChI=1S/C8H11NO2/c1-4-7(5-6-9-2)8(10)11-3/h4-6H,2H2,1,3H3/b6-5-,7-4+. The zero-order valence-electron chi connectivity index (χ0n) is 6.70. The molecule has 0 aromatic heterocycles. The van der Waals surface area contributed by atoms with Crippen molar-refractivity contribution in [3.63, 3.8) is 0 Å². The van der Waals surface area contributed by atoms with E-state index in [1.54, 1.807) is 19.1 Å². The maximum Gasteiger partial charge on any atom is 0.337 e. The number of hydrogen-bond acceptors (Lipinski definition) is 3. The summed E-state index contributed by atoms with van der Waals surface area (Å²) in [5.74, 6) is -0.368. The normalized spacial score (nSPS) is 11.6. The molecule has 3 nitrogen and oxygen atoms in total. The summed E-state index contributed by atoms with van der Waals surface area (Å²) >= 11 is 0. The molecule has 0 aromatic rings. The molecule has 0 aliphatic carbocycles. The Morgan fingerprint density at radius 2 is 2.27 bits per heavy atom. The molecule has 60 valence electrons. The second-order valence-corrected chi connectivity index (χ2v) is 1.73. The van der Waals surface area contributed by atoms with E-state index in [1.807, 2.05) is 0 Å². The van der Waals surface area contributed by atoms with E-state index in [-0.39, 0.29) is 5.97 Å². The summed E-state index contributed by atoms with van der Waals surface area (Å²) < 4.78 is 4.48. The predicted molar refractivity (Wildman–Crippen MR) is 44.5 cm³/mol. The minimum absolute atomic E-state index is 0.368. The average Bonchev–Trinajstić information content (AvgIpc) is 2.05. The third-order valence-corrected chi connectivity index (χ3v) is 1.09. The largest absolute Gasteiger partial charge is 0.465 e. The van der Waals surface area contributed by atoms with Crippen molar-refractivity contribution in [2.45, 2.75) is 6.92 Å². The third kappa shape index (κ3) is 3.35. The van der Waals surface area contributed by atoms with Crippen LogP contribution in [0.4, 0.5) is 0 Å². The molecule has 0 radical (unpaired) electrons. The number of hydrogen-bond donors (Lipinski definition) is 0. The van der Waals surface area contributed by atoms with E-state index >= 15 is 0 Å². The van der Waals surface area contributed by atoms with Crippen molar-refractivity contribution >= 4 is 12.7 Å². The lowest BCUT2D eigenvalue weighted by atomic mass is 10.2. The fourth-order valence-corrected chi connectivity index (χ4v) is 0.533. The van der Waals surface area contributed by atoms with Crippen LogP contribution in [0.15, 0.2) is 28.9 Å². The van der Waals surface area contributed by atoms with E-state index < -0.39 is 0 Å². The zero-order valence-corrected chi connectivity index (χ0v) is 6.70. The monoisotopic (exact) mass is 153 g/mol. The molecule has 0 bridgehead atoms. The molecule has 0 atom stereocenters. The molecule has 0 N–H and O–H groups in total. The minimum atomic E-state index is -0.368.